The molecule has 0 heterocycles. The van der Waals surface area contributed by atoms with E-state index in [1.165, 1.54) is 0 Å². The minimum Gasteiger partial charge on any atom is -0.466 e. The molecule has 0 spiro atoms. The average molecular weight is 237 g/mol. The normalized spacial score (nSPS) is 11.3. The lowest BCUT2D eigenvalue weighted by Crippen LogP contribution is -2.16. The van der Waals surface area contributed by atoms with Gasteiger partial charge >= 0.3 is 5.97 Å². The molecule has 0 bridgehead atoms. The van der Waals surface area contributed by atoms with E-state index in [4.69, 9.17) is 9.88 Å². The van der Waals surface area contributed by atoms with E-state index in [1.807, 2.05) is 0 Å². The summed E-state index contributed by atoms with van der Waals surface area (Å²) in [6, 6.07) is 0. The molecule has 5 nitrogen and oxygen atoms in total. The second-order valence-electron chi connectivity index (χ2n) is 3.34. The van der Waals surface area contributed by atoms with Crippen LogP contribution in [0, 0.1) is 0 Å². The summed E-state index contributed by atoms with van der Waals surface area (Å²) >= 11 is 0. The summed E-state index contributed by atoms with van der Waals surface area (Å²) in [7, 11) is -3.33. The first-order valence-electron chi connectivity index (χ1n) is 5.12. The van der Waals surface area contributed by atoms with Crippen molar-refractivity contribution in [1.82, 2.24) is 0 Å². The van der Waals surface area contributed by atoms with Gasteiger partial charge in [0.2, 0.25) is 10.0 Å². The van der Waals surface area contributed by atoms with Gasteiger partial charge in [0.25, 0.3) is 0 Å². The molecule has 6 heteroatoms. The fourth-order valence-electron chi connectivity index (χ4n) is 1.16. The molecule has 0 amide bonds. The lowest BCUT2D eigenvalue weighted by molar-refractivity contribution is -0.143. The summed E-state index contributed by atoms with van der Waals surface area (Å²) in [5, 5.41) is 4.84. The third kappa shape index (κ3) is 11.3. The van der Waals surface area contributed by atoms with Crippen molar-refractivity contribution in [2.24, 2.45) is 5.14 Å². The van der Waals surface area contributed by atoms with Crippen LogP contribution >= 0.6 is 0 Å². The number of primary sulfonamides is 1. The molecule has 0 aromatic rings. The molecule has 90 valence electrons. The van der Waals surface area contributed by atoms with Crippen LogP contribution in [0.15, 0.2) is 0 Å². The fourth-order valence-corrected chi connectivity index (χ4v) is 1.77. The van der Waals surface area contributed by atoms with Gasteiger partial charge in [-0.05, 0) is 19.8 Å². The molecule has 0 atom stereocenters. The van der Waals surface area contributed by atoms with Crippen molar-refractivity contribution in [2.45, 2.75) is 39.0 Å². The Kier molecular flexibility index (Phi) is 7.33. The maximum atomic E-state index is 10.9. The quantitative estimate of drug-likeness (QED) is 0.499. The number of carbonyl (C=O) groups is 1. The predicted molar refractivity (Wildman–Crippen MR) is 57.7 cm³/mol. The maximum Gasteiger partial charge on any atom is 0.305 e. The second-order valence-corrected chi connectivity index (χ2v) is 5.07. The number of rotatable bonds is 8. The lowest BCUT2D eigenvalue weighted by atomic mass is 10.1. The van der Waals surface area contributed by atoms with Crippen LogP contribution < -0.4 is 5.14 Å². The molecular weight excluding hydrogens is 218 g/mol. The van der Waals surface area contributed by atoms with Crippen molar-refractivity contribution < 1.29 is 17.9 Å². The van der Waals surface area contributed by atoms with Gasteiger partial charge < -0.3 is 4.74 Å². The van der Waals surface area contributed by atoms with E-state index in [2.05, 4.69) is 0 Å². The highest BCUT2D eigenvalue weighted by molar-refractivity contribution is 7.89. The van der Waals surface area contributed by atoms with Crippen LogP contribution in [0.2, 0.25) is 0 Å². The Balaban J connectivity index is 3.29. The van der Waals surface area contributed by atoms with Crippen LogP contribution in [0.3, 0.4) is 0 Å². The number of nitrogens with two attached hydrogens (primary N) is 1. The molecule has 0 aromatic heterocycles. The van der Waals surface area contributed by atoms with Crippen molar-refractivity contribution >= 4 is 16.0 Å². The minimum absolute atomic E-state index is 0.0202. The Hall–Kier alpha value is -0.620. The highest BCUT2D eigenvalue weighted by Crippen LogP contribution is 2.04. The van der Waals surface area contributed by atoms with Gasteiger partial charge in [0.15, 0.2) is 0 Å². The lowest BCUT2D eigenvalue weighted by Gasteiger charge is -2.01. The first-order valence-corrected chi connectivity index (χ1v) is 6.83. The standard InChI is InChI=1S/C9H19NO4S/c1-2-14-9(11)7-5-3-4-6-8-15(10,12)13/h2-8H2,1H3,(H2,10,12,13). The Morgan fingerprint density at radius 2 is 1.80 bits per heavy atom. The Labute approximate surface area is 91.0 Å². The third-order valence-electron chi connectivity index (χ3n) is 1.87. The van der Waals surface area contributed by atoms with Crippen LogP contribution in [-0.4, -0.2) is 26.7 Å². The molecular formula is C9H19NO4S. The van der Waals surface area contributed by atoms with Gasteiger partial charge in [-0.25, -0.2) is 13.6 Å². The molecule has 2 N–H and O–H groups in total. The molecule has 0 unspecified atom stereocenters. The van der Waals surface area contributed by atoms with E-state index in [9.17, 15) is 13.2 Å². The summed E-state index contributed by atoms with van der Waals surface area (Å²) in [6.07, 6.45) is 3.30. The van der Waals surface area contributed by atoms with Crippen LogP contribution in [0.5, 0.6) is 0 Å². The molecule has 0 fully saturated rings. The fraction of sp³-hybridized carbons (Fsp3) is 0.889. The van der Waals surface area contributed by atoms with Gasteiger partial charge in [-0.3, -0.25) is 4.79 Å². The van der Waals surface area contributed by atoms with Crippen molar-refractivity contribution in [1.29, 1.82) is 0 Å². The van der Waals surface area contributed by atoms with E-state index < -0.39 is 10.0 Å². The SMILES string of the molecule is CCOC(=O)CCCCCCS(N)(=O)=O. The minimum atomic E-state index is -3.33. The van der Waals surface area contributed by atoms with Crippen LogP contribution in [0.4, 0.5) is 0 Å². The number of sulfonamides is 1. The Bertz CT molecular complexity index is 274. The molecule has 0 radical (unpaired) electrons. The van der Waals surface area contributed by atoms with Gasteiger partial charge in [-0.15, -0.1) is 0 Å². The largest absolute Gasteiger partial charge is 0.466 e. The second kappa shape index (κ2) is 7.64. The van der Waals surface area contributed by atoms with E-state index in [-0.39, 0.29) is 11.7 Å². The van der Waals surface area contributed by atoms with Crippen molar-refractivity contribution in [2.75, 3.05) is 12.4 Å². The first kappa shape index (κ1) is 14.4. The first-order chi connectivity index (χ1) is 6.95. The Morgan fingerprint density at radius 3 is 2.33 bits per heavy atom. The number of esters is 1. The third-order valence-corrected chi connectivity index (χ3v) is 2.72. The molecule has 0 saturated heterocycles. The maximum absolute atomic E-state index is 10.9. The zero-order chi connectivity index (χ0) is 11.7. The van der Waals surface area contributed by atoms with E-state index >= 15 is 0 Å². The summed E-state index contributed by atoms with van der Waals surface area (Å²) in [4.78, 5) is 10.9. The van der Waals surface area contributed by atoms with Crippen molar-refractivity contribution in [3.63, 3.8) is 0 Å². The van der Waals surface area contributed by atoms with Gasteiger partial charge in [-0.2, -0.15) is 0 Å². The molecule has 0 saturated carbocycles. The molecule has 0 aliphatic carbocycles. The molecule has 15 heavy (non-hydrogen) atoms. The van der Waals surface area contributed by atoms with E-state index in [0.717, 1.165) is 19.3 Å². The van der Waals surface area contributed by atoms with Gasteiger partial charge in [0.1, 0.15) is 0 Å². The Morgan fingerprint density at radius 1 is 1.20 bits per heavy atom. The number of carbonyl (C=O) groups excluding carboxylic acids is 1. The van der Waals surface area contributed by atoms with Crippen LogP contribution in [-0.2, 0) is 19.6 Å². The summed E-state index contributed by atoms with van der Waals surface area (Å²) in [6.45, 7) is 2.17. The zero-order valence-corrected chi connectivity index (χ0v) is 9.88. The predicted octanol–water partition coefficient (Wildman–Crippen LogP) is 0.789. The van der Waals surface area contributed by atoms with Gasteiger partial charge in [0, 0.05) is 6.42 Å². The average Bonchev–Trinajstić information content (AvgIpc) is 2.09. The van der Waals surface area contributed by atoms with Crippen LogP contribution in [0.25, 0.3) is 0 Å². The van der Waals surface area contributed by atoms with Gasteiger partial charge in [0.05, 0.1) is 12.4 Å². The van der Waals surface area contributed by atoms with Crippen molar-refractivity contribution in [3.8, 4) is 0 Å². The van der Waals surface area contributed by atoms with Crippen molar-refractivity contribution in [3.05, 3.63) is 0 Å². The van der Waals surface area contributed by atoms with E-state index in [0.29, 0.717) is 19.4 Å². The summed E-state index contributed by atoms with van der Waals surface area (Å²) in [5.41, 5.74) is 0. The van der Waals surface area contributed by atoms with Crippen LogP contribution in [0.1, 0.15) is 39.0 Å². The number of ether oxygens (including phenoxy) is 1. The topological polar surface area (TPSA) is 86.5 Å². The molecule has 0 aliphatic heterocycles. The summed E-state index contributed by atoms with van der Waals surface area (Å²) < 4.78 is 25.9. The highest BCUT2D eigenvalue weighted by Gasteiger charge is 2.03. The smallest absolute Gasteiger partial charge is 0.305 e. The molecule has 0 rings (SSSR count). The monoisotopic (exact) mass is 237 g/mol. The zero-order valence-electron chi connectivity index (χ0n) is 9.07. The van der Waals surface area contributed by atoms with Gasteiger partial charge in [-0.1, -0.05) is 12.8 Å². The van der Waals surface area contributed by atoms with E-state index in [1.54, 1.807) is 6.92 Å². The summed E-state index contributed by atoms with van der Waals surface area (Å²) in [5.74, 6) is -0.171. The molecule has 0 aliphatic rings. The number of hydrogen-bond acceptors (Lipinski definition) is 4. The number of unbranched alkanes of at least 4 members (excludes halogenated alkanes) is 3. The molecule has 0 aromatic carbocycles. The highest BCUT2D eigenvalue weighted by atomic mass is 32.2. The number of hydrogen-bond donors (Lipinski definition) is 1.